The molecule has 7 nitrogen and oxygen atoms in total. The topological polar surface area (TPSA) is 101 Å². The van der Waals surface area contributed by atoms with Gasteiger partial charge in [-0.05, 0) is 30.2 Å². The van der Waals surface area contributed by atoms with Crippen LogP contribution < -0.4 is 0 Å². The Morgan fingerprint density at radius 1 is 0.610 bits per heavy atom. The summed E-state index contributed by atoms with van der Waals surface area (Å²) in [6.07, 6.45) is 7.29. The molecule has 2 aromatic carbocycles. The van der Waals surface area contributed by atoms with Gasteiger partial charge in [-0.15, -0.1) is 0 Å². The first kappa shape index (κ1) is 27.7. The molecular weight excluding hydrogens is 506 g/mol. The lowest BCUT2D eigenvalue weighted by molar-refractivity contribution is 0.633. The van der Waals surface area contributed by atoms with Crippen molar-refractivity contribution in [1.29, 1.82) is 5.26 Å². The van der Waals surface area contributed by atoms with Gasteiger partial charge in [0.05, 0.1) is 33.8 Å². The van der Waals surface area contributed by atoms with E-state index in [1.165, 1.54) is 0 Å². The third kappa shape index (κ3) is 6.67. The van der Waals surface area contributed by atoms with Crippen LogP contribution in [0.3, 0.4) is 0 Å². The van der Waals surface area contributed by atoms with E-state index in [1.807, 2.05) is 54.7 Å². The zero-order valence-corrected chi connectivity index (χ0v) is 23.9. The summed E-state index contributed by atoms with van der Waals surface area (Å²) < 4.78 is 0. The van der Waals surface area contributed by atoms with Gasteiger partial charge in [0.25, 0.3) is 0 Å². The van der Waals surface area contributed by atoms with Gasteiger partial charge >= 0.3 is 0 Å². The van der Waals surface area contributed by atoms with Crippen LogP contribution in [0.2, 0.25) is 0 Å². The van der Waals surface area contributed by atoms with Crippen molar-refractivity contribution in [2.24, 2.45) is 11.8 Å². The first-order chi connectivity index (χ1) is 19.9. The van der Waals surface area contributed by atoms with Gasteiger partial charge in [-0.2, -0.15) is 5.26 Å². The van der Waals surface area contributed by atoms with Crippen molar-refractivity contribution in [3.63, 3.8) is 0 Å². The summed E-state index contributed by atoms with van der Waals surface area (Å²) in [4.78, 5) is 28.9. The van der Waals surface area contributed by atoms with Crippen molar-refractivity contribution in [2.45, 2.75) is 47.0 Å². The second-order valence-electron chi connectivity index (χ2n) is 11.0. The predicted octanol–water partition coefficient (Wildman–Crippen LogP) is 6.92. The molecule has 3 heterocycles. The molecule has 7 heteroatoms. The number of benzene rings is 2. The molecule has 0 aliphatic heterocycles. The van der Waals surface area contributed by atoms with E-state index in [1.54, 1.807) is 12.4 Å². The molecule has 5 rings (SSSR count). The quantitative estimate of drug-likeness (QED) is 0.200. The molecular formula is C34H33N7. The van der Waals surface area contributed by atoms with Crippen LogP contribution in [0.5, 0.6) is 0 Å². The van der Waals surface area contributed by atoms with Crippen LogP contribution in [0, 0.1) is 23.2 Å². The smallest absolute Gasteiger partial charge is 0.162 e. The highest BCUT2D eigenvalue weighted by Gasteiger charge is 2.19. The van der Waals surface area contributed by atoms with Gasteiger partial charge in [-0.1, -0.05) is 88.4 Å². The van der Waals surface area contributed by atoms with E-state index in [9.17, 15) is 5.26 Å². The van der Waals surface area contributed by atoms with E-state index in [-0.39, 0.29) is 0 Å². The zero-order valence-electron chi connectivity index (χ0n) is 23.9. The van der Waals surface area contributed by atoms with Crippen molar-refractivity contribution in [3.05, 3.63) is 107 Å². The molecule has 0 fully saturated rings. The average molecular weight is 540 g/mol. The summed E-state index contributed by atoms with van der Waals surface area (Å²) in [7, 11) is 0. The Labute approximate surface area is 241 Å². The molecule has 0 amide bonds. The Hall–Kier alpha value is -4.83. The number of hydrogen-bond acceptors (Lipinski definition) is 7. The average Bonchev–Trinajstić information content (AvgIpc) is 2.97. The summed E-state index contributed by atoms with van der Waals surface area (Å²) >= 11 is 0. The van der Waals surface area contributed by atoms with Gasteiger partial charge < -0.3 is 0 Å². The first-order valence-electron chi connectivity index (χ1n) is 14.0. The van der Waals surface area contributed by atoms with E-state index in [0.29, 0.717) is 47.7 Å². The molecule has 5 aromatic rings. The van der Waals surface area contributed by atoms with Crippen LogP contribution in [-0.4, -0.2) is 29.9 Å². The summed E-state index contributed by atoms with van der Waals surface area (Å²) in [5, 5.41) is 9.62. The van der Waals surface area contributed by atoms with Crippen LogP contribution in [-0.2, 0) is 19.3 Å². The monoisotopic (exact) mass is 539 g/mol. The summed E-state index contributed by atoms with van der Waals surface area (Å²) in [6.45, 7) is 8.58. The molecule has 0 spiro atoms. The fourth-order valence-electron chi connectivity index (χ4n) is 4.71. The maximum atomic E-state index is 9.62. The van der Waals surface area contributed by atoms with Crippen LogP contribution in [0.1, 0.15) is 55.9 Å². The SMILES string of the molecule is CC(C)Cc1nc(-c2cnc(-c3cnc(-c4ccccc4)nc3CC(C)C)nc2Cc2ccccc2)ncc1C#N. The van der Waals surface area contributed by atoms with Crippen molar-refractivity contribution in [2.75, 3.05) is 0 Å². The molecule has 0 atom stereocenters. The minimum Gasteiger partial charge on any atom is -0.236 e. The van der Waals surface area contributed by atoms with Crippen molar-refractivity contribution in [1.82, 2.24) is 29.9 Å². The number of rotatable bonds is 9. The molecule has 204 valence electrons. The Morgan fingerprint density at radius 3 is 1.76 bits per heavy atom. The molecule has 0 saturated heterocycles. The van der Waals surface area contributed by atoms with Crippen molar-refractivity contribution >= 4 is 0 Å². The van der Waals surface area contributed by atoms with Crippen LogP contribution in [0.15, 0.2) is 79.3 Å². The first-order valence-corrected chi connectivity index (χ1v) is 14.0. The lowest BCUT2D eigenvalue weighted by Gasteiger charge is -2.14. The normalized spacial score (nSPS) is 11.1. The van der Waals surface area contributed by atoms with E-state index in [4.69, 9.17) is 24.9 Å². The Kier molecular flexibility index (Phi) is 8.50. The molecule has 0 unspecified atom stereocenters. The fraction of sp³-hybridized carbons (Fsp3) is 0.265. The van der Waals surface area contributed by atoms with E-state index >= 15 is 0 Å². The highest BCUT2D eigenvalue weighted by molar-refractivity contribution is 5.65. The number of hydrogen-bond donors (Lipinski definition) is 0. The highest BCUT2D eigenvalue weighted by Crippen LogP contribution is 2.28. The maximum absolute atomic E-state index is 9.62. The molecule has 0 radical (unpaired) electrons. The molecule has 41 heavy (non-hydrogen) atoms. The summed E-state index contributed by atoms with van der Waals surface area (Å²) in [6, 6.07) is 22.4. The minimum absolute atomic E-state index is 0.352. The van der Waals surface area contributed by atoms with Crippen LogP contribution in [0.4, 0.5) is 0 Å². The van der Waals surface area contributed by atoms with Crippen molar-refractivity contribution in [3.8, 4) is 40.2 Å². The van der Waals surface area contributed by atoms with Gasteiger partial charge in [-0.25, -0.2) is 29.9 Å². The molecule has 3 aromatic heterocycles. The van der Waals surface area contributed by atoms with Gasteiger partial charge in [0, 0.05) is 30.6 Å². The molecule has 0 saturated carbocycles. The lowest BCUT2D eigenvalue weighted by Crippen LogP contribution is -2.08. The fourth-order valence-corrected chi connectivity index (χ4v) is 4.71. The minimum atomic E-state index is 0.352. The molecule has 0 aliphatic rings. The lowest BCUT2D eigenvalue weighted by atomic mass is 10.0. The standard InChI is InChI=1S/C34H33N7/c1-22(2)15-29-26(18-35)19-36-33(39-29)28-21-38-34(41-31(28)17-24-11-7-5-8-12-24)27-20-37-32(25-13-9-6-10-14-25)40-30(27)16-23(3)4/h5-14,19-23H,15-17H2,1-4H3. The second kappa shape index (κ2) is 12.6. The predicted molar refractivity (Wildman–Crippen MR) is 161 cm³/mol. The summed E-state index contributed by atoms with van der Waals surface area (Å²) in [5.41, 5.74) is 6.63. The van der Waals surface area contributed by atoms with Gasteiger partial charge in [0.15, 0.2) is 17.5 Å². The zero-order chi connectivity index (χ0) is 28.8. The second-order valence-corrected chi connectivity index (χ2v) is 11.0. The third-order valence-electron chi connectivity index (χ3n) is 6.65. The molecule has 0 bridgehead atoms. The van der Waals surface area contributed by atoms with E-state index in [2.05, 4.69) is 50.9 Å². The highest BCUT2D eigenvalue weighted by atomic mass is 15.0. The summed E-state index contributed by atoms with van der Waals surface area (Å²) in [5.74, 6) is 2.53. The Balaban J connectivity index is 1.63. The van der Waals surface area contributed by atoms with Gasteiger partial charge in [0.1, 0.15) is 6.07 Å². The Morgan fingerprint density at radius 2 is 1.12 bits per heavy atom. The van der Waals surface area contributed by atoms with Gasteiger partial charge in [-0.3, -0.25) is 0 Å². The van der Waals surface area contributed by atoms with E-state index < -0.39 is 0 Å². The van der Waals surface area contributed by atoms with E-state index in [0.717, 1.165) is 45.8 Å². The van der Waals surface area contributed by atoms with Crippen LogP contribution in [0.25, 0.3) is 34.2 Å². The number of aromatic nitrogens is 6. The molecule has 0 N–H and O–H groups in total. The number of nitrogens with zero attached hydrogens (tertiary/aromatic N) is 7. The van der Waals surface area contributed by atoms with Crippen molar-refractivity contribution < 1.29 is 0 Å². The third-order valence-corrected chi connectivity index (χ3v) is 6.65. The number of nitriles is 1. The largest absolute Gasteiger partial charge is 0.236 e. The maximum Gasteiger partial charge on any atom is 0.162 e. The van der Waals surface area contributed by atoms with Gasteiger partial charge in [0.2, 0.25) is 0 Å². The Bertz CT molecular complexity index is 1670. The molecule has 0 aliphatic carbocycles. The van der Waals surface area contributed by atoms with Crippen LogP contribution >= 0.6 is 0 Å².